The highest BCUT2D eigenvalue weighted by Gasteiger charge is 2.23. The van der Waals surface area contributed by atoms with Crippen molar-refractivity contribution in [3.8, 4) is 6.07 Å². The van der Waals surface area contributed by atoms with Crippen LogP contribution in [0.15, 0.2) is 29.1 Å². The molecule has 1 aliphatic rings. The molecule has 136 valence electrons. The molecule has 3 aromatic rings. The molecule has 0 saturated carbocycles. The molecule has 4 nitrogen and oxygen atoms in total. The third kappa shape index (κ3) is 3.33. The Morgan fingerprint density at radius 2 is 2.19 bits per heavy atom. The first-order valence-electron chi connectivity index (χ1n) is 9.34. The largest absolute Gasteiger partial charge is 0.305 e. The highest BCUT2D eigenvalue weighted by atomic mass is 32.1. The molecule has 1 atom stereocenters. The van der Waals surface area contributed by atoms with Crippen molar-refractivity contribution in [3.63, 3.8) is 0 Å². The van der Waals surface area contributed by atoms with Gasteiger partial charge in [-0.2, -0.15) is 5.26 Å². The zero-order chi connectivity index (χ0) is 19.0. The number of fused-ring (bicyclic) bond motifs is 3. The van der Waals surface area contributed by atoms with Gasteiger partial charge in [-0.15, -0.1) is 11.3 Å². The number of benzene rings is 1. The lowest BCUT2D eigenvalue weighted by Gasteiger charge is -2.17. The van der Waals surface area contributed by atoms with Crippen molar-refractivity contribution in [2.75, 3.05) is 0 Å². The summed E-state index contributed by atoms with van der Waals surface area (Å²) in [5.74, 6) is 0.992. The fraction of sp³-hybridized carbons (Fsp3) is 0.318. The molecule has 0 aliphatic heterocycles. The van der Waals surface area contributed by atoms with Gasteiger partial charge in [0.25, 0.3) is 5.56 Å². The predicted octanol–water partition coefficient (Wildman–Crippen LogP) is 4.74. The van der Waals surface area contributed by atoms with Gasteiger partial charge in [0.1, 0.15) is 10.9 Å². The smallest absolute Gasteiger partial charge is 0.260 e. The number of thiophene rings is 1. The van der Waals surface area contributed by atoms with Gasteiger partial charge in [-0.05, 0) is 54.4 Å². The van der Waals surface area contributed by atoms with E-state index >= 15 is 0 Å². The topological polar surface area (TPSA) is 69.5 Å². The third-order valence-electron chi connectivity index (χ3n) is 5.24. The monoisotopic (exact) mass is 375 g/mol. The molecule has 2 aromatic heterocycles. The number of nitrogens with zero attached hydrogens (tertiary/aromatic N) is 2. The number of nitrogens with one attached hydrogen (secondary N) is 1. The van der Waals surface area contributed by atoms with Gasteiger partial charge in [0, 0.05) is 4.88 Å². The van der Waals surface area contributed by atoms with E-state index in [0.29, 0.717) is 17.3 Å². The summed E-state index contributed by atoms with van der Waals surface area (Å²) in [5, 5.41) is 10.3. The number of aryl methyl sites for hydroxylation is 2. The molecule has 27 heavy (non-hydrogen) atoms. The average Bonchev–Trinajstić information content (AvgIpc) is 3.04. The van der Waals surface area contributed by atoms with Crippen LogP contribution in [0.5, 0.6) is 0 Å². The average molecular weight is 375 g/mol. The van der Waals surface area contributed by atoms with Crippen molar-refractivity contribution in [1.29, 1.82) is 5.26 Å². The quantitative estimate of drug-likeness (QED) is 0.673. The summed E-state index contributed by atoms with van der Waals surface area (Å²) in [6, 6.07) is 10.3. The summed E-state index contributed by atoms with van der Waals surface area (Å²) < 4.78 is 0. The maximum atomic E-state index is 12.7. The molecule has 0 saturated heterocycles. The number of H-pyrrole nitrogens is 1. The van der Waals surface area contributed by atoms with Crippen molar-refractivity contribution in [2.45, 2.75) is 39.5 Å². The van der Waals surface area contributed by atoms with Crippen LogP contribution >= 0.6 is 11.3 Å². The van der Waals surface area contributed by atoms with Crippen LogP contribution in [-0.2, 0) is 19.3 Å². The Balaban J connectivity index is 1.79. The number of aromatic amines is 1. The van der Waals surface area contributed by atoms with Gasteiger partial charge >= 0.3 is 0 Å². The molecule has 0 bridgehead atoms. The summed E-state index contributed by atoms with van der Waals surface area (Å²) in [5.41, 5.74) is 3.57. The Kier molecular flexibility index (Phi) is 4.67. The minimum atomic E-state index is -0.135. The second kappa shape index (κ2) is 7.13. The number of rotatable bonds is 3. The maximum absolute atomic E-state index is 12.7. The lowest BCUT2D eigenvalue weighted by atomic mass is 9.89. The Morgan fingerprint density at radius 1 is 1.41 bits per heavy atom. The highest BCUT2D eigenvalue weighted by molar-refractivity contribution is 7.18. The number of hydrogen-bond donors (Lipinski definition) is 1. The zero-order valence-electron chi connectivity index (χ0n) is 15.5. The van der Waals surface area contributed by atoms with Crippen LogP contribution in [0.4, 0.5) is 0 Å². The maximum Gasteiger partial charge on any atom is 0.260 e. The Morgan fingerprint density at radius 3 is 2.89 bits per heavy atom. The predicted molar refractivity (Wildman–Crippen MR) is 111 cm³/mol. The van der Waals surface area contributed by atoms with E-state index in [1.165, 1.54) is 10.4 Å². The van der Waals surface area contributed by atoms with E-state index in [0.717, 1.165) is 47.0 Å². The molecule has 2 heterocycles. The Bertz CT molecular complexity index is 1130. The van der Waals surface area contributed by atoms with Crippen molar-refractivity contribution in [3.05, 3.63) is 62.0 Å². The van der Waals surface area contributed by atoms with E-state index in [1.807, 2.05) is 12.1 Å². The second-order valence-electron chi connectivity index (χ2n) is 7.21. The standard InChI is InChI=1S/C22H21N3OS/c1-3-14-5-7-15(8-6-14)11-16(12-23)20-24-21(26)19-17-9-4-13(2)10-18(17)27-22(19)25-20/h5-8,11,13H,3-4,9-10H2,1-2H3,(H,24,25,26). The van der Waals surface area contributed by atoms with Crippen LogP contribution in [0.25, 0.3) is 21.9 Å². The van der Waals surface area contributed by atoms with E-state index in [4.69, 9.17) is 0 Å². The van der Waals surface area contributed by atoms with Crippen molar-refractivity contribution in [2.24, 2.45) is 5.92 Å². The Labute approximate surface area is 162 Å². The molecule has 0 radical (unpaired) electrons. The summed E-state index contributed by atoms with van der Waals surface area (Å²) in [6.45, 7) is 4.35. The zero-order valence-corrected chi connectivity index (χ0v) is 16.3. The molecule has 0 fully saturated rings. The number of hydrogen-bond acceptors (Lipinski definition) is 4. The van der Waals surface area contributed by atoms with E-state index in [2.05, 4.69) is 42.0 Å². The summed E-state index contributed by atoms with van der Waals surface area (Å²) in [4.78, 5) is 22.2. The number of aromatic nitrogens is 2. The van der Waals surface area contributed by atoms with Crippen LogP contribution in [-0.4, -0.2) is 9.97 Å². The van der Waals surface area contributed by atoms with Gasteiger partial charge in [-0.3, -0.25) is 4.79 Å². The molecule has 1 aliphatic carbocycles. The third-order valence-corrected chi connectivity index (χ3v) is 6.39. The van der Waals surface area contributed by atoms with Crippen molar-refractivity contribution < 1.29 is 0 Å². The number of allylic oxidation sites excluding steroid dienone is 1. The molecule has 1 aromatic carbocycles. The van der Waals surface area contributed by atoms with Gasteiger partial charge in [0.2, 0.25) is 0 Å². The lowest BCUT2D eigenvalue weighted by molar-refractivity contribution is 0.509. The van der Waals surface area contributed by atoms with E-state index in [1.54, 1.807) is 17.4 Å². The fourth-order valence-corrected chi connectivity index (χ4v) is 5.03. The molecular formula is C22H21N3OS. The van der Waals surface area contributed by atoms with Gasteiger partial charge in [-0.1, -0.05) is 38.1 Å². The first-order chi connectivity index (χ1) is 13.1. The molecular weight excluding hydrogens is 354 g/mol. The van der Waals surface area contributed by atoms with Crippen LogP contribution < -0.4 is 5.56 Å². The molecule has 4 rings (SSSR count). The fourth-order valence-electron chi connectivity index (χ4n) is 3.65. The SMILES string of the molecule is CCc1ccc(C=C(C#N)c2nc3sc4c(c3c(=O)[nH]2)CCC(C)C4)cc1. The van der Waals surface area contributed by atoms with Crippen LogP contribution in [0.2, 0.25) is 0 Å². The minimum Gasteiger partial charge on any atom is -0.305 e. The molecule has 5 heteroatoms. The van der Waals surface area contributed by atoms with Crippen LogP contribution in [0, 0.1) is 17.2 Å². The second-order valence-corrected chi connectivity index (χ2v) is 8.30. The molecule has 0 spiro atoms. The van der Waals surface area contributed by atoms with E-state index < -0.39 is 0 Å². The number of nitriles is 1. The summed E-state index contributed by atoms with van der Waals surface area (Å²) in [6.07, 6.45) is 5.81. The normalized spacial score (nSPS) is 16.9. The van der Waals surface area contributed by atoms with E-state index in [9.17, 15) is 10.1 Å². The van der Waals surface area contributed by atoms with Crippen LogP contribution in [0.1, 0.15) is 47.7 Å². The van der Waals surface area contributed by atoms with Gasteiger partial charge in [0.15, 0.2) is 5.82 Å². The van der Waals surface area contributed by atoms with Gasteiger partial charge in [0.05, 0.1) is 11.0 Å². The van der Waals surface area contributed by atoms with E-state index in [-0.39, 0.29) is 5.56 Å². The summed E-state index contributed by atoms with van der Waals surface area (Å²) >= 11 is 1.60. The van der Waals surface area contributed by atoms with Crippen LogP contribution in [0.3, 0.4) is 0 Å². The molecule has 0 amide bonds. The lowest BCUT2D eigenvalue weighted by Crippen LogP contribution is -2.14. The first kappa shape index (κ1) is 17.7. The highest BCUT2D eigenvalue weighted by Crippen LogP contribution is 2.35. The van der Waals surface area contributed by atoms with Crippen molar-refractivity contribution in [1.82, 2.24) is 9.97 Å². The minimum absolute atomic E-state index is 0.135. The Hall–Kier alpha value is -2.71. The van der Waals surface area contributed by atoms with Crippen molar-refractivity contribution >= 4 is 33.2 Å². The van der Waals surface area contributed by atoms with Gasteiger partial charge in [-0.25, -0.2) is 4.98 Å². The molecule has 1 unspecified atom stereocenters. The molecule has 1 N–H and O–H groups in total. The van der Waals surface area contributed by atoms with Gasteiger partial charge < -0.3 is 4.98 Å². The first-order valence-corrected chi connectivity index (χ1v) is 10.2. The summed E-state index contributed by atoms with van der Waals surface area (Å²) in [7, 11) is 0.